The second-order valence-corrected chi connectivity index (χ2v) is 8.77. The van der Waals surface area contributed by atoms with Gasteiger partial charge in [0, 0.05) is 18.4 Å². The second kappa shape index (κ2) is 8.90. The number of carbonyl (C=O) groups is 1. The van der Waals surface area contributed by atoms with Crippen LogP contribution < -0.4 is 11.1 Å². The van der Waals surface area contributed by atoms with Crippen molar-refractivity contribution in [2.45, 2.75) is 39.1 Å². The normalized spacial score (nSPS) is 12.1. The highest BCUT2D eigenvalue weighted by molar-refractivity contribution is 5.83. The summed E-state index contributed by atoms with van der Waals surface area (Å²) in [4.78, 5) is 24.3. The van der Waals surface area contributed by atoms with Gasteiger partial charge >= 0.3 is 12.3 Å². The summed E-state index contributed by atoms with van der Waals surface area (Å²) >= 11 is 0. The van der Waals surface area contributed by atoms with Crippen LogP contribution in [0.2, 0.25) is 0 Å². The first-order valence-electron chi connectivity index (χ1n) is 10.7. The van der Waals surface area contributed by atoms with Crippen LogP contribution in [0.25, 0.3) is 28.2 Å². The Bertz CT molecular complexity index is 1380. The van der Waals surface area contributed by atoms with Gasteiger partial charge in [-0.05, 0) is 62.7 Å². The van der Waals surface area contributed by atoms with E-state index in [1.807, 2.05) is 0 Å². The minimum absolute atomic E-state index is 0.0257. The lowest BCUT2D eigenvalue weighted by atomic mass is 10.2. The van der Waals surface area contributed by atoms with E-state index < -0.39 is 23.6 Å². The van der Waals surface area contributed by atoms with E-state index in [-0.39, 0.29) is 23.5 Å². The summed E-state index contributed by atoms with van der Waals surface area (Å²) in [5.41, 5.74) is 6.41. The van der Waals surface area contributed by atoms with Crippen molar-refractivity contribution in [1.29, 1.82) is 0 Å². The first-order valence-corrected chi connectivity index (χ1v) is 10.7. The zero-order chi connectivity index (χ0) is 25.4. The molecule has 11 heteroatoms. The monoisotopic (exact) mass is 484 g/mol. The Morgan fingerprint density at radius 1 is 1.06 bits per heavy atom. The number of nitrogens with one attached hydrogen (secondary N) is 1. The highest BCUT2D eigenvalue weighted by Crippen LogP contribution is 2.33. The molecule has 0 unspecified atom stereocenters. The Hall–Kier alpha value is -4.15. The molecule has 1 aromatic carbocycles. The molecular formula is C24H23F3N6O2. The highest BCUT2D eigenvalue weighted by atomic mass is 19.4. The van der Waals surface area contributed by atoms with Crippen molar-refractivity contribution in [3.05, 3.63) is 66.0 Å². The van der Waals surface area contributed by atoms with Crippen molar-refractivity contribution in [2.75, 3.05) is 5.73 Å². The van der Waals surface area contributed by atoms with Gasteiger partial charge in [0.25, 0.3) is 0 Å². The van der Waals surface area contributed by atoms with Crippen molar-refractivity contribution in [3.8, 4) is 17.1 Å². The molecule has 3 heterocycles. The van der Waals surface area contributed by atoms with E-state index in [0.29, 0.717) is 17.1 Å². The van der Waals surface area contributed by atoms with Gasteiger partial charge < -0.3 is 15.8 Å². The molecular weight excluding hydrogens is 461 g/mol. The minimum Gasteiger partial charge on any atom is -0.444 e. The van der Waals surface area contributed by atoms with Crippen LogP contribution in [0.1, 0.15) is 32.0 Å². The molecule has 4 aromatic rings. The molecule has 35 heavy (non-hydrogen) atoms. The third kappa shape index (κ3) is 5.34. The second-order valence-electron chi connectivity index (χ2n) is 8.77. The minimum atomic E-state index is -4.62. The van der Waals surface area contributed by atoms with E-state index in [4.69, 9.17) is 10.5 Å². The molecule has 0 spiro atoms. The molecule has 0 saturated carbocycles. The Morgan fingerprint density at radius 2 is 1.77 bits per heavy atom. The zero-order valence-electron chi connectivity index (χ0n) is 19.2. The average molecular weight is 484 g/mol. The molecule has 4 rings (SSSR count). The predicted octanol–water partition coefficient (Wildman–Crippen LogP) is 5.11. The molecule has 0 atom stereocenters. The van der Waals surface area contributed by atoms with Crippen LogP contribution in [0.4, 0.5) is 23.8 Å². The van der Waals surface area contributed by atoms with Crippen molar-refractivity contribution in [3.63, 3.8) is 0 Å². The van der Waals surface area contributed by atoms with E-state index >= 15 is 0 Å². The molecule has 0 fully saturated rings. The van der Waals surface area contributed by atoms with Crippen molar-refractivity contribution in [1.82, 2.24) is 24.8 Å². The van der Waals surface area contributed by atoms with Crippen LogP contribution in [-0.2, 0) is 17.5 Å². The third-order valence-electron chi connectivity index (χ3n) is 4.90. The van der Waals surface area contributed by atoms with E-state index in [1.54, 1.807) is 57.2 Å². The van der Waals surface area contributed by atoms with Gasteiger partial charge in [0.05, 0.1) is 5.56 Å². The number of imidazole rings is 1. The Kier molecular flexibility index (Phi) is 6.10. The summed E-state index contributed by atoms with van der Waals surface area (Å²) < 4.78 is 46.9. The Morgan fingerprint density at radius 3 is 2.40 bits per heavy atom. The molecule has 0 aliphatic heterocycles. The number of nitrogens with zero attached hydrogens (tertiary/aromatic N) is 4. The number of hydrogen-bond acceptors (Lipinski definition) is 6. The van der Waals surface area contributed by atoms with Gasteiger partial charge in [-0.2, -0.15) is 13.2 Å². The summed E-state index contributed by atoms with van der Waals surface area (Å²) in [7, 11) is 0. The lowest BCUT2D eigenvalue weighted by molar-refractivity contribution is -0.141. The number of ether oxygens (including phenoxy) is 1. The number of benzene rings is 1. The van der Waals surface area contributed by atoms with Gasteiger partial charge in [-0.15, -0.1) is 0 Å². The summed E-state index contributed by atoms with van der Waals surface area (Å²) in [6, 6.07) is 12.4. The summed E-state index contributed by atoms with van der Waals surface area (Å²) in [5, 5.41) is 2.67. The molecule has 0 saturated heterocycles. The van der Waals surface area contributed by atoms with Crippen molar-refractivity contribution in [2.24, 2.45) is 0 Å². The van der Waals surface area contributed by atoms with E-state index in [9.17, 15) is 18.0 Å². The number of nitrogen functional groups attached to an aromatic ring is 1. The number of alkyl halides is 3. The lowest BCUT2D eigenvalue weighted by Crippen LogP contribution is -2.32. The number of carbonyl (C=O) groups excluding carboxylic acids is 1. The van der Waals surface area contributed by atoms with E-state index in [0.717, 1.165) is 11.6 Å². The molecule has 182 valence electrons. The molecule has 8 nitrogen and oxygen atoms in total. The largest absolute Gasteiger partial charge is 0.444 e. The van der Waals surface area contributed by atoms with Crippen LogP contribution >= 0.6 is 0 Å². The molecule has 1 amide bonds. The molecule has 0 radical (unpaired) electrons. The number of fused-ring (bicyclic) bond motifs is 1. The van der Waals surface area contributed by atoms with Gasteiger partial charge in [-0.3, -0.25) is 4.57 Å². The van der Waals surface area contributed by atoms with Crippen molar-refractivity contribution >= 4 is 23.1 Å². The number of pyridine rings is 2. The average Bonchev–Trinajstić information content (AvgIpc) is 3.15. The maximum atomic E-state index is 13.4. The van der Waals surface area contributed by atoms with Crippen molar-refractivity contribution < 1.29 is 22.7 Å². The highest BCUT2D eigenvalue weighted by Gasteiger charge is 2.33. The Labute approximate surface area is 199 Å². The maximum Gasteiger partial charge on any atom is 0.433 e. The number of rotatable bonds is 4. The van der Waals surface area contributed by atoms with Crippen LogP contribution in [0, 0.1) is 0 Å². The molecule has 0 aliphatic carbocycles. The zero-order valence-corrected chi connectivity index (χ0v) is 19.2. The summed E-state index contributed by atoms with van der Waals surface area (Å²) in [6.07, 6.45) is -3.66. The van der Waals surface area contributed by atoms with Gasteiger partial charge in [-0.1, -0.05) is 12.1 Å². The Balaban J connectivity index is 1.75. The van der Waals surface area contributed by atoms with E-state index in [2.05, 4.69) is 20.3 Å². The van der Waals surface area contributed by atoms with Gasteiger partial charge in [0.15, 0.2) is 11.5 Å². The summed E-state index contributed by atoms with van der Waals surface area (Å²) in [5.74, 6) is 0.482. The van der Waals surface area contributed by atoms with Crippen LogP contribution in [0.3, 0.4) is 0 Å². The lowest BCUT2D eigenvalue weighted by Gasteiger charge is -2.19. The summed E-state index contributed by atoms with van der Waals surface area (Å²) in [6.45, 7) is 5.50. The maximum absolute atomic E-state index is 13.4. The number of amides is 1. The van der Waals surface area contributed by atoms with Crippen LogP contribution in [0.5, 0.6) is 0 Å². The number of nitrogens with two attached hydrogens (primary N) is 1. The van der Waals surface area contributed by atoms with Crippen LogP contribution in [0.15, 0.2) is 54.7 Å². The number of halogens is 3. The first kappa shape index (κ1) is 24.0. The fraction of sp³-hybridized carbons (Fsp3) is 0.250. The molecule has 3 N–H and O–H groups in total. The van der Waals surface area contributed by atoms with Gasteiger partial charge in [-0.25, -0.2) is 19.7 Å². The number of aromatic nitrogens is 4. The topological polar surface area (TPSA) is 108 Å². The standard InChI is InChI=1S/C24H23F3N6O2/c1-23(2,3)35-22(34)30-13-14-6-8-15(9-7-14)33-20(16-5-4-12-29-19(16)28)31-17-10-11-18(24(25,26)27)32-21(17)33/h4-12H,13H2,1-3H3,(H2,28,29)(H,30,34). The molecule has 0 bridgehead atoms. The third-order valence-corrected chi connectivity index (χ3v) is 4.90. The fourth-order valence-corrected chi connectivity index (χ4v) is 3.40. The number of alkyl carbamates (subject to hydrolysis) is 1. The van der Waals surface area contributed by atoms with Crippen LogP contribution in [-0.4, -0.2) is 31.2 Å². The van der Waals surface area contributed by atoms with E-state index in [1.165, 1.54) is 16.8 Å². The first-order chi connectivity index (χ1) is 16.4. The number of hydrogen-bond donors (Lipinski definition) is 2. The quantitative estimate of drug-likeness (QED) is 0.417. The fourth-order valence-electron chi connectivity index (χ4n) is 3.40. The molecule has 3 aromatic heterocycles. The van der Waals surface area contributed by atoms with Gasteiger partial charge in [0.2, 0.25) is 0 Å². The SMILES string of the molecule is CC(C)(C)OC(=O)NCc1ccc(-n2c(-c3cccnc3N)nc3ccc(C(F)(F)F)nc32)cc1. The number of anilines is 1. The molecule has 0 aliphatic rings. The van der Waals surface area contributed by atoms with Gasteiger partial charge in [0.1, 0.15) is 22.6 Å². The smallest absolute Gasteiger partial charge is 0.433 e. The predicted molar refractivity (Wildman–Crippen MR) is 125 cm³/mol.